The second-order valence-electron chi connectivity index (χ2n) is 3.77. The average Bonchev–Trinajstić information content (AvgIpc) is 2.37. The molecule has 17 heavy (non-hydrogen) atoms. The van der Waals surface area contributed by atoms with Crippen molar-refractivity contribution in [2.75, 3.05) is 50.8 Å². The first-order valence-electron chi connectivity index (χ1n) is 6.12. The molecule has 1 fully saturated rings. The highest BCUT2D eigenvalue weighted by Gasteiger charge is 2.08. The third-order valence-corrected chi connectivity index (χ3v) is 3.43. The first kappa shape index (κ1) is 14.2. The Morgan fingerprint density at radius 2 is 2.18 bits per heavy atom. The van der Waals surface area contributed by atoms with Gasteiger partial charge in [-0.05, 0) is 6.92 Å². The van der Waals surface area contributed by atoms with Gasteiger partial charge in [-0.25, -0.2) is 0 Å². The van der Waals surface area contributed by atoms with Crippen LogP contribution in [0.4, 0.5) is 0 Å². The lowest BCUT2D eigenvalue weighted by Gasteiger charge is -2.25. The maximum absolute atomic E-state index is 5.21. The molecule has 1 rings (SSSR count). The van der Waals surface area contributed by atoms with Gasteiger partial charge in [0, 0.05) is 37.7 Å². The third-order valence-electron chi connectivity index (χ3n) is 2.49. The molecule has 0 aromatic carbocycles. The summed E-state index contributed by atoms with van der Waals surface area (Å²) < 4.78 is 0. The van der Waals surface area contributed by atoms with E-state index in [4.69, 9.17) is 6.42 Å². The van der Waals surface area contributed by atoms with Gasteiger partial charge in [-0.2, -0.15) is 11.8 Å². The number of rotatable bonds is 5. The van der Waals surface area contributed by atoms with E-state index in [1.54, 1.807) is 0 Å². The molecule has 0 aromatic rings. The van der Waals surface area contributed by atoms with Crippen LogP contribution in [0, 0.1) is 12.3 Å². The summed E-state index contributed by atoms with van der Waals surface area (Å²) in [4.78, 5) is 6.96. The summed E-state index contributed by atoms with van der Waals surface area (Å²) in [6, 6.07) is 0. The molecule has 96 valence electrons. The van der Waals surface area contributed by atoms with Crippen molar-refractivity contribution in [1.82, 2.24) is 15.5 Å². The minimum Gasteiger partial charge on any atom is -0.357 e. The van der Waals surface area contributed by atoms with Crippen molar-refractivity contribution in [3.8, 4) is 12.3 Å². The Balaban J connectivity index is 2.24. The first-order valence-corrected chi connectivity index (χ1v) is 7.28. The van der Waals surface area contributed by atoms with Crippen molar-refractivity contribution in [2.24, 2.45) is 4.99 Å². The van der Waals surface area contributed by atoms with Gasteiger partial charge in [-0.15, -0.1) is 6.42 Å². The minimum atomic E-state index is 0.520. The van der Waals surface area contributed by atoms with Crippen LogP contribution in [0.25, 0.3) is 0 Å². The smallest absolute Gasteiger partial charge is 0.192 e. The van der Waals surface area contributed by atoms with E-state index < -0.39 is 0 Å². The van der Waals surface area contributed by atoms with Crippen LogP contribution in [0.5, 0.6) is 0 Å². The van der Waals surface area contributed by atoms with Crippen LogP contribution in [-0.4, -0.2) is 61.6 Å². The lowest BCUT2D eigenvalue weighted by Crippen LogP contribution is -2.39. The van der Waals surface area contributed by atoms with Gasteiger partial charge in [0.1, 0.15) is 0 Å². The van der Waals surface area contributed by atoms with Gasteiger partial charge in [-0.1, -0.05) is 5.92 Å². The Hall–Kier alpha value is -0.860. The molecule has 0 unspecified atom stereocenters. The van der Waals surface area contributed by atoms with Crippen molar-refractivity contribution in [2.45, 2.75) is 6.92 Å². The van der Waals surface area contributed by atoms with Gasteiger partial charge < -0.3 is 10.6 Å². The number of nitrogens with zero attached hydrogens (tertiary/aromatic N) is 2. The molecule has 0 spiro atoms. The Kier molecular flexibility index (Phi) is 7.69. The van der Waals surface area contributed by atoms with Gasteiger partial charge in [-0.3, -0.25) is 9.89 Å². The second kappa shape index (κ2) is 9.20. The summed E-state index contributed by atoms with van der Waals surface area (Å²) in [5.41, 5.74) is 0. The molecule has 1 saturated heterocycles. The minimum absolute atomic E-state index is 0.520. The van der Waals surface area contributed by atoms with Crippen molar-refractivity contribution >= 4 is 17.7 Å². The fourth-order valence-corrected chi connectivity index (χ4v) is 2.58. The molecule has 0 aliphatic carbocycles. The lowest BCUT2D eigenvalue weighted by atomic mass is 10.4. The number of nitrogens with one attached hydrogen (secondary N) is 2. The number of thioether (sulfide) groups is 1. The highest BCUT2D eigenvalue weighted by atomic mass is 32.2. The molecule has 1 aliphatic heterocycles. The predicted octanol–water partition coefficient (Wildman–Crippen LogP) is 0.224. The van der Waals surface area contributed by atoms with Crippen LogP contribution in [0.1, 0.15) is 6.92 Å². The fraction of sp³-hybridized carbons (Fsp3) is 0.750. The van der Waals surface area contributed by atoms with E-state index in [0.29, 0.717) is 6.54 Å². The van der Waals surface area contributed by atoms with Crippen LogP contribution in [0.15, 0.2) is 4.99 Å². The highest BCUT2D eigenvalue weighted by Crippen LogP contribution is 2.08. The Morgan fingerprint density at radius 1 is 1.41 bits per heavy atom. The normalized spacial score (nSPS) is 17.5. The second-order valence-corrected chi connectivity index (χ2v) is 5.00. The van der Waals surface area contributed by atoms with Gasteiger partial charge in [0.05, 0.1) is 13.1 Å². The molecule has 4 nitrogen and oxygen atoms in total. The molecule has 0 bridgehead atoms. The van der Waals surface area contributed by atoms with E-state index in [1.807, 2.05) is 11.8 Å². The zero-order valence-electron chi connectivity index (χ0n) is 10.5. The predicted molar refractivity (Wildman–Crippen MR) is 76.6 cm³/mol. The lowest BCUT2D eigenvalue weighted by molar-refractivity contribution is 0.311. The van der Waals surface area contributed by atoms with Crippen LogP contribution >= 0.6 is 11.8 Å². The van der Waals surface area contributed by atoms with Crippen LogP contribution < -0.4 is 10.6 Å². The number of hydrogen-bond acceptors (Lipinski definition) is 3. The summed E-state index contributed by atoms with van der Waals surface area (Å²) in [7, 11) is 0. The van der Waals surface area contributed by atoms with E-state index in [1.165, 1.54) is 24.6 Å². The number of terminal acetylenes is 1. The monoisotopic (exact) mass is 254 g/mol. The van der Waals surface area contributed by atoms with E-state index in [9.17, 15) is 0 Å². The molecule has 1 aliphatic rings. The Bertz CT molecular complexity index is 266. The molecule has 1 heterocycles. The summed E-state index contributed by atoms with van der Waals surface area (Å²) in [5.74, 6) is 5.87. The van der Waals surface area contributed by atoms with Crippen LogP contribution in [-0.2, 0) is 0 Å². The number of hydrogen-bond donors (Lipinski definition) is 2. The zero-order chi connectivity index (χ0) is 12.3. The number of guanidine groups is 1. The number of aliphatic imine (C=N–C) groups is 1. The van der Waals surface area contributed by atoms with Gasteiger partial charge in [0.15, 0.2) is 5.96 Å². The summed E-state index contributed by atoms with van der Waals surface area (Å²) in [6.45, 7) is 7.67. The highest BCUT2D eigenvalue weighted by molar-refractivity contribution is 7.99. The largest absolute Gasteiger partial charge is 0.357 e. The standard InChI is InChI=1S/C12H22N4S/c1-3-5-14-12(13-4-2)15-6-7-16-8-10-17-11-9-16/h1H,4-11H2,2H3,(H2,13,14,15). The van der Waals surface area contributed by atoms with Crippen molar-refractivity contribution in [3.05, 3.63) is 0 Å². The molecule has 0 amide bonds. The molecule has 0 radical (unpaired) electrons. The SMILES string of the molecule is C#CCNC(=NCCN1CCSCC1)NCC. The van der Waals surface area contributed by atoms with E-state index in [2.05, 4.69) is 33.4 Å². The molecular weight excluding hydrogens is 232 g/mol. The van der Waals surface area contributed by atoms with Crippen molar-refractivity contribution in [1.29, 1.82) is 0 Å². The summed E-state index contributed by atoms with van der Waals surface area (Å²) in [6.07, 6.45) is 5.21. The van der Waals surface area contributed by atoms with E-state index in [-0.39, 0.29) is 0 Å². The molecular formula is C12H22N4S. The summed E-state index contributed by atoms with van der Waals surface area (Å²) in [5, 5.41) is 6.26. The Morgan fingerprint density at radius 3 is 2.82 bits per heavy atom. The molecule has 0 saturated carbocycles. The molecule has 0 atom stereocenters. The van der Waals surface area contributed by atoms with Gasteiger partial charge in [0.2, 0.25) is 0 Å². The average molecular weight is 254 g/mol. The van der Waals surface area contributed by atoms with Crippen LogP contribution in [0.3, 0.4) is 0 Å². The third kappa shape index (κ3) is 6.44. The quantitative estimate of drug-likeness (QED) is 0.418. The maximum atomic E-state index is 5.21. The summed E-state index contributed by atoms with van der Waals surface area (Å²) >= 11 is 2.03. The van der Waals surface area contributed by atoms with Gasteiger partial charge >= 0.3 is 0 Å². The Labute approximate surface area is 109 Å². The van der Waals surface area contributed by atoms with Crippen molar-refractivity contribution < 1.29 is 0 Å². The van der Waals surface area contributed by atoms with Crippen molar-refractivity contribution in [3.63, 3.8) is 0 Å². The molecule has 2 N–H and O–H groups in total. The first-order chi connectivity index (χ1) is 8.36. The van der Waals surface area contributed by atoms with Crippen LogP contribution in [0.2, 0.25) is 0 Å². The zero-order valence-corrected chi connectivity index (χ0v) is 11.4. The van der Waals surface area contributed by atoms with E-state index >= 15 is 0 Å². The fourth-order valence-electron chi connectivity index (χ4n) is 1.60. The maximum Gasteiger partial charge on any atom is 0.192 e. The molecule has 0 aromatic heterocycles. The molecule has 5 heteroatoms. The van der Waals surface area contributed by atoms with Gasteiger partial charge in [0.25, 0.3) is 0 Å². The van der Waals surface area contributed by atoms with E-state index in [0.717, 1.165) is 25.6 Å². The topological polar surface area (TPSA) is 39.7 Å².